The van der Waals surface area contributed by atoms with E-state index < -0.39 is 6.10 Å². The summed E-state index contributed by atoms with van der Waals surface area (Å²) in [6, 6.07) is 7.94. The number of aromatic nitrogens is 1. The van der Waals surface area contributed by atoms with Crippen LogP contribution < -0.4 is 0 Å². The number of aryl methyl sites for hydroxylation is 1. The third-order valence-electron chi connectivity index (χ3n) is 5.57. The number of nitrogens with zero attached hydrogens (tertiary/aromatic N) is 1. The summed E-state index contributed by atoms with van der Waals surface area (Å²) < 4.78 is 7.70. The van der Waals surface area contributed by atoms with Crippen LogP contribution in [0.15, 0.2) is 29.2 Å². The fraction of sp³-hybridized carbons (Fsp3) is 0.500. The Kier molecular flexibility index (Phi) is 5.40. The maximum Gasteiger partial charge on any atom is 0.165 e. The first kappa shape index (κ1) is 19.7. The topological polar surface area (TPSA) is 65.6 Å². The number of H-pyrrole nitrogens is 1. The minimum absolute atomic E-state index is 0.0479. The first-order valence-corrected chi connectivity index (χ1v) is 10.7. The predicted molar refractivity (Wildman–Crippen MR) is 111 cm³/mol. The zero-order valence-electron chi connectivity index (χ0n) is 16.7. The molecule has 1 aromatic carbocycles. The number of nitrogens with one attached hydrogen (secondary N) is 1. The van der Waals surface area contributed by atoms with Gasteiger partial charge in [-0.25, -0.2) is 4.31 Å². The summed E-state index contributed by atoms with van der Waals surface area (Å²) in [6.45, 7) is 9.37. The molecule has 1 aliphatic heterocycles. The fourth-order valence-corrected chi connectivity index (χ4v) is 5.32. The number of hydrogen-bond donors (Lipinski definition) is 2. The number of carbonyl (C=O) groups is 1. The van der Waals surface area contributed by atoms with Crippen molar-refractivity contribution in [2.24, 2.45) is 5.41 Å². The van der Waals surface area contributed by atoms with Gasteiger partial charge in [0.15, 0.2) is 5.78 Å². The molecule has 1 atom stereocenters. The number of rotatable bonds is 4. The molecule has 0 amide bonds. The molecule has 1 saturated heterocycles. The van der Waals surface area contributed by atoms with Gasteiger partial charge in [0.25, 0.3) is 0 Å². The quantitative estimate of drug-likeness (QED) is 0.762. The molecular formula is C22H28N2O3S. The highest BCUT2D eigenvalue weighted by atomic mass is 32.2. The van der Waals surface area contributed by atoms with Crippen LogP contribution in [0, 0.1) is 12.3 Å². The van der Waals surface area contributed by atoms with E-state index in [4.69, 9.17) is 4.74 Å². The molecule has 0 bridgehead atoms. The molecule has 1 aromatic heterocycles. The minimum atomic E-state index is -0.824. The van der Waals surface area contributed by atoms with Crippen molar-refractivity contribution < 1.29 is 14.6 Å². The van der Waals surface area contributed by atoms with Crippen LogP contribution in [0.25, 0.3) is 0 Å². The number of ketones is 1. The zero-order valence-corrected chi connectivity index (χ0v) is 17.6. The summed E-state index contributed by atoms with van der Waals surface area (Å²) in [7, 11) is 0. The Balaban J connectivity index is 1.69. The van der Waals surface area contributed by atoms with Crippen LogP contribution in [0.1, 0.15) is 59.2 Å². The van der Waals surface area contributed by atoms with Crippen molar-refractivity contribution in [2.45, 2.75) is 44.6 Å². The van der Waals surface area contributed by atoms with Gasteiger partial charge < -0.3 is 14.8 Å². The largest absolute Gasteiger partial charge is 0.384 e. The van der Waals surface area contributed by atoms with E-state index in [0.29, 0.717) is 12.0 Å². The van der Waals surface area contributed by atoms with Crippen LogP contribution in [0.2, 0.25) is 0 Å². The van der Waals surface area contributed by atoms with E-state index in [9.17, 15) is 9.90 Å². The van der Waals surface area contributed by atoms with Gasteiger partial charge in [-0.05, 0) is 42.3 Å². The van der Waals surface area contributed by atoms with E-state index in [1.54, 1.807) is 11.9 Å². The Hall–Kier alpha value is -1.60. The zero-order chi connectivity index (χ0) is 19.9. The van der Waals surface area contributed by atoms with Gasteiger partial charge in [0, 0.05) is 46.9 Å². The van der Waals surface area contributed by atoms with Crippen LogP contribution in [0.4, 0.5) is 0 Å². The van der Waals surface area contributed by atoms with Crippen LogP contribution in [0.3, 0.4) is 0 Å². The molecule has 0 saturated carbocycles. The lowest BCUT2D eigenvalue weighted by Gasteiger charge is -2.29. The highest BCUT2D eigenvalue weighted by Crippen LogP contribution is 2.41. The van der Waals surface area contributed by atoms with Crippen molar-refractivity contribution in [3.05, 3.63) is 52.3 Å². The fourth-order valence-electron chi connectivity index (χ4n) is 4.29. The SMILES string of the molecule is Cc1[nH]c2c(c1C(O)c1ccccc1SN1CCOCC1)C(=O)CC(C)(C)C2. The van der Waals surface area contributed by atoms with E-state index in [-0.39, 0.29) is 11.2 Å². The minimum Gasteiger partial charge on any atom is -0.384 e. The number of Topliss-reactive ketones (excluding diaryl/α,β-unsaturated/α-hetero) is 1. The Morgan fingerprint density at radius 2 is 1.93 bits per heavy atom. The predicted octanol–water partition coefficient (Wildman–Crippen LogP) is 3.90. The standard InChI is InChI=1S/C22H28N2O3S/c1-14-19(20-16(23-14)12-22(2,3)13-17(20)25)21(26)15-6-4-5-7-18(15)28-24-8-10-27-11-9-24/h4-7,21,23,26H,8-13H2,1-3H3. The number of hydrogen-bond acceptors (Lipinski definition) is 5. The van der Waals surface area contributed by atoms with Crippen LogP contribution in [-0.4, -0.2) is 46.5 Å². The Bertz CT molecular complexity index is 884. The Labute approximate surface area is 170 Å². The van der Waals surface area contributed by atoms with E-state index in [0.717, 1.165) is 60.1 Å². The number of fused-ring (bicyclic) bond motifs is 1. The van der Waals surface area contributed by atoms with Crippen molar-refractivity contribution in [2.75, 3.05) is 26.3 Å². The number of aliphatic hydroxyl groups excluding tert-OH is 1. The number of morpholine rings is 1. The molecule has 1 aliphatic carbocycles. The highest BCUT2D eigenvalue weighted by Gasteiger charge is 2.36. The smallest absolute Gasteiger partial charge is 0.165 e. The molecule has 0 radical (unpaired) electrons. The van der Waals surface area contributed by atoms with Gasteiger partial charge >= 0.3 is 0 Å². The highest BCUT2D eigenvalue weighted by molar-refractivity contribution is 7.97. The molecule has 6 heteroatoms. The summed E-state index contributed by atoms with van der Waals surface area (Å²) >= 11 is 1.66. The van der Waals surface area contributed by atoms with Crippen LogP contribution in [-0.2, 0) is 11.2 Å². The lowest BCUT2D eigenvalue weighted by Crippen LogP contribution is -2.31. The van der Waals surface area contributed by atoms with Crippen molar-refractivity contribution in [3.8, 4) is 0 Å². The summed E-state index contributed by atoms with van der Waals surface area (Å²) in [6.07, 6.45) is 0.516. The number of benzene rings is 1. The van der Waals surface area contributed by atoms with Gasteiger partial charge in [0.1, 0.15) is 6.10 Å². The average molecular weight is 401 g/mol. The molecular weight excluding hydrogens is 372 g/mol. The molecule has 2 aromatic rings. The molecule has 2 aliphatic rings. The molecule has 2 heterocycles. The maximum absolute atomic E-state index is 12.9. The maximum atomic E-state index is 12.9. The van der Waals surface area contributed by atoms with E-state index >= 15 is 0 Å². The van der Waals surface area contributed by atoms with Crippen molar-refractivity contribution in [3.63, 3.8) is 0 Å². The van der Waals surface area contributed by atoms with Gasteiger partial charge in [-0.15, -0.1) is 0 Å². The second-order valence-corrected chi connectivity index (χ2v) is 9.67. The van der Waals surface area contributed by atoms with E-state index in [2.05, 4.69) is 23.1 Å². The number of ether oxygens (including phenoxy) is 1. The van der Waals surface area contributed by atoms with Crippen molar-refractivity contribution >= 4 is 17.7 Å². The van der Waals surface area contributed by atoms with Gasteiger partial charge in [-0.3, -0.25) is 4.79 Å². The molecule has 28 heavy (non-hydrogen) atoms. The third kappa shape index (κ3) is 3.79. The third-order valence-corrected chi connectivity index (χ3v) is 6.76. The van der Waals surface area contributed by atoms with Gasteiger partial charge in [0.05, 0.1) is 13.2 Å². The number of aliphatic hydroxyl groups is 1. The average Bonchev–Trinajstić information content (AvgIpc) is 2.97. The van der Waals surface area contributed by atoms with Crippen molar-refractivity contribution in [1.82, 2.24) is 9.29 Å². The molecule has 0 spiro atoms. The normalized spacial score (nSPS) is 20.8. The second kappa shape index (κ2) is 7.67. The molecule has 4 rings (SSSR count). The lowest BCUT2D eigenvalue weighted by molar-refractivity contribution is 0.0773. The van der Waals surface area contributed by atoms with E-state index in [1.165, 1.54) is 0 Å². The lowest BCUT2D eigenvalue weighted by atomic mass is 9.75. The first-order chi connectivity index (χ1) is 13.4. The molecule has 1 unspecified atom stereocenters. The first-order valence-electron chi connectivity index (χ1n) is 9.88. The van der Waals surface area contributed by atoms with Crippen LogP contribution >= 0.6 is 11.9 Å². The van der Waals surface area contributed by atoms with Gasteiger partial charge in [-0.2, -0.15) is 0 Å². The van der Waals surface area contributed by atoms with Gasteiger partial charge in [-0.1, -0.05) is 32.0 Å². The Morgan fingerprint density at radius 1 is 1.21 bits per heavy atom. The molecule has 150 valence electrons. The molecule has 1 fully saturated rings. The molecule has 5 nitrogen and oxygen atoms in total. The molecule has 2 N–H and O–H groups in total. The summed E-state index contributed by atoms with van der Waals surface area (Å²) in [5.74, 6) is 0.128. The Morgan fingerprint density at radius 3 is 2.68 bits per heavy atom. The van der Waals surface area contributed by atoms with Gasteiger partial charge in [0.2, 0.25) is 0 Å². The summed E-state index contributed by atoms with van der Waals surface area (Å²) in [4.78, 5) is 17.3. The summed E-state index contributed by atoms with van der Waals surface area (Å²) in [5, 5.41) is 11.3. The van der Waals surface area contributed by atoms with E-state index in [1.807, 2.05) is 31.2 Å². The monoisotopic (exact) mass is 400 g/mol. The second-order valence-electron chi connectivity index (χ2n) is 8.53. The van der Waals surface area contributed by atoms with Crippen LogP contribution in [0.5, 0.6) is 0 Å². The summed E-state index contributed by atoms with van der Waals surface area (Å²) in [5.41, 5.74) is 4.09. The van der Waals surface area contributed by atoms with Crippen molar-refractivity contribution in [1.29, 1.82) is 0 Å². The number of aromatic amines is 1. The number of carbonyl (C=O) groups excluding carboxylic acids is 1.